The normalized spacial score (nSPS) is 14.8. The standard InChI is InChI=1S/C14H20FNO2/c1-17-13-4-2-3-12(14(13)15)9-16-7-8-18-10-11-5-6-11/h2-4,11,16H,5-10H2,1H3. The highest BCUT2D eigenvalue weighted by Crippen LogP contribution is 2.28. The van der Waals surface area contributed by atoms with Crippen LogP contribution in [0.1, 0.15) is 18.4 Å². The molecule has 18 heavy (non-hydrogen) atoms. The quantitative estimate of drug-likeness (QED) is 0.721. The van der Waals surface area contributed by atoms with Gasteiger partial charge in [0.15, 0.2) is 11.6 Å². The molecule has 1 aromatic carbocycles. The first kappa shape index (κ1) is 13.3. The van der Waals surface area contributed by atoms with Gasteiger partial charge in [0.25, 0.3) is 0 Å². The van der Waals surface area contributed by atoms with Gasteiger partial charge in [0.1, 0.15) is 0 Å². The number of hydrogen-bond donors (Lipinski definition) is 1. The van der Waals surface area contributed by atoms with Gasteiger partial charge in [-0.05, 0) is 24.8 Å². The van der Waals surface area contributed by atoms with Gasteiger partial charge in [-0.25, -0.2) is 4.39 Å². The van der Waals surface area contributed by atoms with Crippen LogP contribution >= 0.6 is 0 Å². The van der Waals surface area contributed by atoms with Crippen molar-refractivity contribution in [2.75, 3.05) is 26.9 Å². The summed E-state index contributed by atoms with van der Waals surface area (Å²) in [5, 5.41) is 3.17. The molecule has 2 rings (SSSR count). The van der Waals surface area contributed by atoms with Crippen LogP contribution in [-0.4, -0.2) is 26.9 Å². The average molecular weight is 253 g/mol. The third kappa shape index (κ3) is 3.96. The van der Waals surface area contributed by atoms with E-state index in [0.717, 1.165) is 19.1 Å². The zero-order valence-corrected chi connectivity index (χ0v) is 10.7. The molecule has 0 heterocycles. The number of ether oxygens (including phenoxy) is 2. The monoisotopic (exact) mass is 253 g/mol. The van der Waals surface area contributed by atoms with Crippen molar-refractivity contribution in [3.05, 3.63) is 29.6 Å². The van der Waals surface area contributed by atoms with Crippen LogP contribution in [0.3, 0.4) is 0 Å². The minimum atomic E-state index is -0.286. The molecule has 0 spiro atoms. The highest BCUT2D eigenvalue weighted by Gasteiger charge is 2.20. The molecule has 0 aliphatic heterocycles. The molecule has 0 saturated heterocycles. The fourth-order valence-corrected chi connectivity index (χ4v) is 1.75. The first-order valence-corrected chi connectivity index (χ1v) is 6.41. The van der Waals surface area contributed by atoms with Crippen molar-refractivity contribution in [2.24, 2.45) is 5.92 Å². The zero-order valence-electron chi connectivity index (χ0n) is 10.7. The van der Waals surface area contributed by atoms with E-state index in [1.54, 1.807) is 18.2 Å². The fraction of sp³-hybridized carbons (Fsp3) is 0.571. The Morgan fingerprint density at radius 2 is 2.22 bits per heavy atom. The SMILES string of the molecule is COc1cccc(CNCCOCC2CC2)c1F. The summed E-state index contributed by atoms with van der Waals surface area (Å²) in [6.07, 6.45) is 2.62. The van der Waals surface area contributed by atoms with Crippen LogP contribution in [0.25, 0.3) is 0 Å². The van der Waals surface area contributed by atoms with Gasteiger partial charge in [-0.2, -0.15) is 0 Å². The van der Waals surface area contributed by atoms with Crippen LogP contribution in [0.2, 0.25) is 0 Å². The first-order valence-electron chi connectivity index (χ1n) is 6.41. The number of hydrogen-bond acceptors (Lipinski definition) is 3. The van der Waals surface area contributed by atoms with Crippen molar-refractivity contribution in [3.63, 3.8) is 0 Å². The minimum absolute atomic E-state index is 0.286. The summed E-state index contributed by atoms with van der Waals surface area (Å²) < 4.78 is 24.2. The summed E-state index contributed by atoms with van der Waals surface area (Å²) in [4.78, 5) is 0. The lowest BCUT2D eigenvalue weighted by Gasteiger charge is -2.09. The number of benzene rings is 1. The Labute approximate surface area is 107 Å². The molecule has 3 nitrogen and oxygen atoms in total. The Bertz CT molecular complexity index is 380. The lowest BCUT2D eigenvalue weighted by atomic mass is 10.2. The molecule has 0 aromatic heterocycles. The minimum Gasteiger partial charge on any atom is -0.494 e. The van der Waals surface area contributed by atoms with E-state index in [2.05, 4.69) is 5.32 Å². The lowest BCUT2D eigenvalue weighted by molar-refractivity contribution is 0.126. The van der Waals surface area contributed by atoms with Crippen LogP contribution in [0, 0.1) is 11.7 Å². The van der Waals surface area contributed by atoms with Crippen molar-refractivity contribution in [3.8, 4) is 5.75 Å². The smallest absolute Gasteiger partial charge is 0.169 e. The van der Waals surface area contributed by atoms with Gasteiger partial charge < -0.3 is 14.8 Å². The molecule has 0 bridgehead atoms. The summed E-state index contributed by atoms with van der Waals surface area (Å²) in [5.41, 5.74) is 0.622. The van der Waals surface area contributed by atoms with E-state index < -0.39 is 0 Å². The van der Waals surface area contributed by atoms with Gasteiger partial charge in [-0.15, -0.1) is 0 Å². The van der Waals surface area contributed by atoms with Gasteiger partial charge in [0.05, 0.1) is 13.7 Å². The van der Waals surface area contributed by atoms with Crippen LogP contribution in [0.15, 0.2) is 18.2 Å². The Balaban J connectivity index is 1.65. The molecule has 100 valence electrons. The van der Waals surface area contributed by atoms with E-state index in [0.29, 0.717) is 24.5 Å². The highest BCUT2D eigenvalue weighted by molar-refractivity contribution is 5.30. The zero-order chi connectivity index (χ0) is 12.8. The number of nitrogens with one attached hydrogen (secondary N) is 1. The summed E-state index contributed by atoms with van der Waals surface area (Å²) >= 11 is 0. The topological polar surface area (TPSA) is 30.5 Å². The van der Waals surface area contributed by atoms with Crippen molar-refractivity contribution in [1.29, 1.82) is 0 Å². The lowest BCUT2D eigenvalue weighted by Crippen LogP contribution is -2.20. The molecule has 1 aliphatic carbocycles. The van der Waals surface area contributed by atoms with Crippen LogP contribution in [0.5, 0.6) is 5.75 Å². The molecule has 0 unspecified atom stereocenters. The molecule has 0 amide bonds. The maximum atomic E-state index is 13.8. The molecule has 1 fully saturated rings. The Kier molecular flexibility index (Phi) is 4.96. The van der Waals surface area contributed by atoms with Crippen LogP contribution < -0.4 is 10.1 Å². The van der Waals surface area contributed by atoms with Crippen molar-refractivity contribution < 1.29 is 13.9 Å². The summed E-state index contributed by atoms with van der Waals surface area (Å²) in [7, 11) is 1.47. The van der Waals surface area contributed by atoms with Crippen molar-refractivity contribution in [2.45, 2.75) is 19.4 Å². The van der Waals surface area contributed by atoms with E-state index in [1.807, 2.05) is 0 Å². The molecule has 1 N–H and O–H groups in total. The Hall–Kier alpha value is -1.13. The van der Waals surface area contributed by atoms with E-state index in [9.17, 15) is 4.39 Å². The molecule has 4 heteroatoms. The molecular formula is C14H20FNO2. The van der Waals surface area contributed by atoms with Crippen molar-refractivity contribution in [1.82, 2.24) is 5.32 Å². The van der Waals surface area contributed by atoms with E-state index in [4.69, 9.17) is 9.47 Å². The van der Waals surface area contributed by atoms with Gasteiger partial charge in [0.2, 0.25) is 0 Å². The molecule has 1 aromatic rings. The predicted octanol–water partition coefficient (Wildman–Crippen LogP) is 2.35. The molecule has 0 radical (unpaired) electrons. The Morgan fingerprint density at radius 1 is 1.39 bits per heavy atom. The largest absolute Gasteiger partial charge is 0.494 e. The van der Waals surface area contributed by atoms with E-state index >= 15 is 0 Å². The Morgan fingerprint density at radius 3 is 2.94 bits per heavy atom. The second-order valence-corrected chi connectivity index (χ2v) is 4.63. The third-order valence-corrected chi connectivity index (χ3v) is 3.05. The molecule has 1 aliphatic rings. The van der Waals surface area contributed by atoms with Gasteiger partial charge in [0, 0.05) is 25.3 Å². The van der Waals surface area contributed by atoms with Gasteiger partial charge in [-0.3, -0.25) is 0 Å². The third-order valence-electron chi connectivity index (χ3n) is 3.05. The van der Waals surface area contributed by atoms with Crippen molar-refractivity contribution >= 4 is 0 Å². The first-order chi connectivity index (χ1) is 8.81. The van der Waals surface area contributed by atoms with E-state index in [1.165, 1.54) is 20.0 Å². The fourth-order valence-electron chi connectivity index (χ4n) is 1.75. The second-order valence-electron chi connectivity index (χ2n) is 4.63. The van der Waals surface area contributed by atoms with Crippen LogP contribution in [-0.2, 0) is 11.3 Å². The highest BCUT2D eigenvalue weighted by atomic mass is 19.1. The summed E-state index contributed by atoms with van der Waals surface area (Å²) in [5.74, 6) is 0.798. The van der Waals surface area contributed by atoms with E-state index in [-0.39, 0.29) is 5.82 Å². The number of rotatable bonds is 8. The maximum Gasteiger partial charge on any atom is 0.169 e. The molecule has 1 saturated carbocycles. The summed E-state index contributed by atoms with van der Waals surface area (Å²) in [6.45, 7) is 2.79. The van der Waals surface area contributed by atoms with Gasteiger partial charge >= 0.3 is 0 Å². The molecule has 0 atom stereocenters. The van der Waals surface area contributed by atoms with Gasteiger partial charge in [-0.1, -0.05) is 12.1 Å². The van der Waals surface area contributed by atoms with Crippen LogP contribution in [0.4, 0.5) is 4.39 Å². The summed E-state index contributed by atoms with van der Waals surface area (Å²) in [6, 6.07) is 5.18. The molecular weight excluding hydrogens is 233 g/mol. The average Bonchev–Trinajstić information content (AvgIpc) is 3.19. The number of methoxy groups -OCH3 is 1. The maximum absolute atomic E-state index is 13.8. The second kappa shape index (κ2) is 6.71. The number of halogens is 1. The predicted molar refractivity (Wildman–Crippen MR) is 68.2 cm³/mol.